The molecule has 0 aliphatic rings. The first-order chi connectivity index (χ1) is 7.79. The second-order valence-electron chi connectivity index (χ2n) is 3.31. The number of nitrogens with one attached hydrogen (secondary N) is 2. The number of furan rings is 1. The first-order valence-electron chi connectivity index (χ1n) is 4.88. The van der Waals surface area contributed by atoms with Crippen LogP contribution in [0.3, 0.4) is 0 Å². The van der Waals surface area contributed by atoms with E-state index in [-0.39, 0.29) is 6.04 Å². The molecular formula is C10H13N5O. The summed E-state index contributed by atoms with van der Waals surface area (Å²) in [6.07, 6.45) is 3.08. The molecule has 2 heterocycles. The van der Waals surface area contributed by atoms with E-state index in [0.717, 1.165) is 5.76 Å². The summed E-state index contributed by atoms with van der Waals surface area (Å²) in [7, 11) is 0. The van der Waals surface area contributed by atoms with Crippen molar-refractivity contribution < 1.29 is 4.42 Å². The second-order valence-corrected chi connectivity index (χ2v) is 3.31. The number of aromatic nitrogens is 2. The summed E-state index contributed by atoms with van der Waals surface area (Å²) in [5.41, 5.74) is 2.46. The van der Waals surface area contributed by atoms with E-state index in [4.69, 9.17) is 10.3 Å². The maximum Gasteiger partial charge on any atom is 0.145 e. The van der Waals surface area contributed by atoms with E-state index in [0.29, 0.717) is 11.6 Å². The maximum absolute atomic E-state index is 5.28. The molecule has 4 N–H and O–H groups in total. The van der Waals surface area contributed by atoms with Crippen LogP contribution in [0, 0.1) is 0 Å². The van der Waals surface area contributed by atoms with Gasteiger partial charge in [-0.05, 0) is 19.1 Å². The van der Waals surface area contributed by atoms with Crippen molar-refractivity contribution in [3.8, 4) is 0 Å². The number of hydrogen-bond donors (Lipinski definition) is 3. The van der Waals surface area contributed by atoms with Crippen LogP contribution >= 0.6 is 0 Å². The summed E-state index contributed by atoms with van der Waals surface area (Å²) >= 11 is 0. The van der Waals surface area contributed by atoms with Crippen LogP contribution in [0.5, 0.6) is 0 Å². The van der Waals surface area contributed by atoms with Gasteiger partial charge in [-0.2, -0.15) is 0 Å². The third kappa shape index (κ3) is 2.29. The molecule has 6 heteroatoms. The van der Waals surface area contributed by atoms with E-state index < -0.39 is 0 Å². The Kier molecular flexibility index (Phi) is 3.02. The summed E-state index contributed by atoms with van der Waals surface area (Å²) in [6.45, 7) is 1.98. The van der Waals surface area contributed by atoms with Gasteiger partial charge in [-0.1, -0.05) is 0 Å². The zero-order valence-electron chi connectivity index (χ0n) is 8.84. The minimum Gasteiger partial charge on any atom is -0.467 e. The van der Waals surface area contributed by atoms with Gasteiger partial charge >= 0.3 is 0 Å². The van der Waals surface area contributed by atoms with E-state index >= 15 is 0 Å². The number of hydrogen-bond acceptors (Lipinski definition) is 6. The molecule has 16 heavy (non-hydrogen) atoms. The van der Waals surface area contributed by atoms with Crippen molar-refractivity contribution in [3.05, 3.63) is 36.5 Å². The molecule has 0 bridgehead atoms. The number of rotatable bonds is 4. The molecule has 0 aliphatic carbocycles. The molecule has 0 aromatic carbocycles. The van der Waals surface area contributed by atoms with Crippen LogP contribution in [-0.2, 0) is 0 Å². The molecule has 0 radical (unpaired) electrons. The number of nitrogen functional groups attached to an aromatic ring is 1. The van der Waals surface area contributed by atoms with Gasteiger partial charge in [-0.15, -0.1) is 0 Å². The Bertz CT molecular complexity index is 442. The van der Waals surface area contributed by atoms with Crippen molar-refractivity contribution in [1.82, 2.24) is 9.97 Å². The molecule has 0 fully saturated rings. The lowest BCUT2D eigenvalue weighted by atomic mass is 10.2. The van der Waals surface area contributed by atoms with Crippen LogP contribution in [0.2, 0.25) is 0 Å². The molecule has 2 aromatic rings. The Morgan fingerprint density at radius 1 is 1.38 bits per heavy atom. The summed E-state index contributed by atoms with van der Waals surface area (Å²) < 4.78 is 5.28. The molecule has 0 saturated carbocycles. The summed E-state index contributed by atoms with van der Waals surface area (Å²) in [5.74, 6) is 7.35. The smallest absolute Gasteiger partial charge is 0.145 e. The van der Waals surface area contributed by atoms with Gasteiger partial charge in [0.15, 0.2) is 0 Å². The quantitative estimate of drug-likeness (QED) is 0.533. The van der Waals surface area contributed by atoms with Gasteiger partial charge in [0.1, 0.15) is 23.7 Å². The Labute approximate surface area is 92.9 Å². The minimum atomic E-state index is 0.0375. The van der Waals surface area contributed by atoms with Crippen LogP contribution in [0.25, 0.3) is 0 Å². The van der Waals surface area contributed by atoms with Gasteiger partial charge in [0, 0.05) is 6.07 Å². The fourth-order valence-corrected chi connectivity index (χ4v) is 1.35. The van der Waals surface area contributed by atoms with Gasteiger partial charge in [0.25, 0.3) is 0 Å². The fraction of sp³-hybridized carbons (Fsp3) is 0.200. The highest BCUT2D eigenvalue weighted by molar-refractivity contribution is 5.46. The van der Waals surface area contributed by atoms with E-state index in [1.807, 2.05) is 19.1 Å². The molecule has 2 rings (SSSR count). The Morgan fingerprint density at radius 3 is 2.88 bits per heavy atom. The van der Waals surface area contributed by atoms with Crippen LogP contribution in [0.4, 0.5) is 11.6 Å². The molecule has 1 unspecified atom stereocenters. The largest absolute Gasteiger partial charge is 0.467 e. The van der Waals surface area contributed by atoms with E-state index in [2.05, 4.69) is 20.7 Å². The van der Waals surface area contributed by atoms with Crippen molar-refractivity contribution >= 4 is 11.6 Å². The third-order valence-electron chi connectivity index (χ3n) is 2.15. The first kappa shape index (κ1) is 10.4. The Hall–Kier alpha value is -2.08. The summed E-state index contributed by atoms with van der Waals surface area (Å²) in [6, 6.07) is 5.51. The zero-order valence-corrected chi connectivity index (χ0v) is 8.84. The molecule has 84 valence electrons. The zero-order chi connectivity index (χ0) is 11.4. The normalized spacial score (nSPS) is 12.1. The molecule has 1 atom stereocenters. The predicted molar refractivity (Wildman–Crippen MR) is 60.6 cm³/mol. The van der Waals surface area contributed by atoms with Gasteiger partial charge in [-0.25, -0.2) is 15.8 Å². The highest BCUT2D eigenvalue weighted by Crippen LogP contribution is 2.18. The summed E-state index contributed by atoms with van der Waals surface area (Å²) in [4.78, 5) is 8.00. The summed E-state index contributed by atoms with van der Waals surface area (Å²) in [5, 5.41) is 3.18. The fourth-order valence-electron chi connectivity index (χ4n) is 1.35. The lowest BCUT2D eigenvalue weighted by Gasteiger charge is -2.12. The van der Waals surface area contributed by atoms with Crippen molar-refractivity contribution in [2.75, 3.05) is 10.7 Å². The predicted octanol–water partition coefficient (Wildman–Crippen LogP) is 1.53. The molecule has 6 nitrogen and oxygen atoms in total. The van der Waals surface area contributed by atoms with Crippen LogP contribution in [-0.4, -0.2) is 9.97 Å². The standard InChI is InChI=1S/C10H13N5O/c1-7(8-3-2-4-16-8)14-9-5-10(15-11)13-6-12-9/h2-7H,11H2,1H3,(H2,12,13,14,15). The number of hydrazine groups is 1. The maximum atomic E-state index is 5.28. The van der Waals surface area contributed by atoms with E-state index in [1.54, 1.807) is 12.3 Å². The lowest BCUT2D eigenvalue weighted by molar-refractivity contribution is 0.490. The monoisotopic (exact) mass is 219 g/mol. The SMILES string of the molecule is CC(Nc1cc(NN)ncn1)c1ccco1. The van der Waals surface area contributed by atoms with Crippen molar-refractivity contribution in [2.24, 2.45) is 5.84 Å². The average molecular weight is 219 g/mol. The molecular weight excluding hydrogens is 206 g/mol. The van der Waals surface area contributed by atoms with Gasteiger partial charge in [0.2, 0.25) is 0 Å². The Balaban J connectivity index is 2.08. The Morgan fingerprint density at radius 2 is 2.19 bits per heavy atom. The van der Waals surface area contributed by atoms with Crippen molar-refractivity contribution in [3.63, 3.8) is 0 Å². The van der Waals surface area contributed by atoms with Gasteiger partial charge < -0.3 is 15.2 Å². The molecule has 0 saturated heterocycles. The highest BCUT2D eigenvalue weighted by atomic mass is 16.3. The lowest BCUT2D eigenvalue weighted by Crippen LogP contribution is -2.11. The minimum absolute atomic E-state index is 0.0375. The third-order valence-corrected chi connectivity index (χ3v) is 2.15. The van der Waals surface area contributed by atoms with Crippen LogP contribution < -0.4 is 16.6 Å². The first-order valence-corrected chi connectivity index (χ1v) is 4.88. The van der Waals surface area contributed by atoms with Gasteiger partial charge in [-0.3, -0.25) is 0 Å². The number of nitrogens with zero attached hydrogens (tertiary/aromatic N) is 2. The van der Waals surface area contributed by atoms with Crippen molar-refractivity contribution in [2.45, 2.75) is 13.0 Å². The second kappa shape index (κ2) is 4.63. The topological polar surface area (TPSA) is 89.0 Å². The van der Waals surface area contributed by atoms with Crippen LogP contribution in [0.15, 0.2) is 35.2 Å². The molecule has 0 aliphatic heterocycles. The number of anilines is 2. The van der Waals surface area contributed by atoms with Crippen molar-refractivity contribution in [1.29, 1.82) is 0 Å². The molecule has 2 aromatic heterocycles. The van der Waals surface area contributed by atoms with Crippen LogP contribution in [0.1, 0.15) is 18.7 Å². The molecule has 0 amide bonds. The van der Waals surface area contributed by atoms with E-state index in [1.165, 1.54) is 6.33 Å². The average Bonchev–Trinajstić information content (AvgIpc) is 2.83. The van der Waals surface area contributed by atoms with Gasteiger partial charge in [0.05, 0.1) is 12.3 Å². The highest BCUT2D eigenvalue weighted by Gasteiger charge is 2.08. The van der Waals surface area contributed by atoms with E-state index in [9.17, 15) is 0 Å². The molecule has 0 spiro atoms. The number of nitrogens with two attached hydrogens (primary N) is 1.